The van der Waals surface area contributed by atoms with E-state index in [2.05, 4.69) is 9.97 Å². The van der Waals surface area contributed by atoms with Gasteiger partial charge in [-0.3, -0.25) is 0 Å². The molecule has 0 unspecified atom stereocenters. The summed E-state index contributed by atoms with van der Waals surface area (Å²) in [6, 6.07) is 0. The van der Waals surface area contributed by atoms with Crippen LogP contribution in [0.5, 0.6) is 11.8 Å². The lowest BCUT2D eigenvalue weighted by molar-refractivity contribution is 0.203. The largest absolute Gasteiger partial charge is 0.479 e. The molecule has 17 heavy (non-hydrogen) atoms. The van der Waals surface area contributed by atoms with Gasteiger partial charge in [-0.15, -0.1) is 0 Å². The quantitative estimate of drug-likeness (QED) is 0.867. The van der Waals surface area contributed by atoms with Gasteiger partial charge in [0.25, 0.3) is 0 Å². The van der Waals surface area contributed by atoms with Gasteiger partial charge in [-0.25, -0.2) is 0 Å². The van der Waals surface area contributed by atoms with Gasteiger partial charge in [0, 0.05) is 0 Å². The predicted octanol–water partition coefficient (Wildman–Crippen LogP) is 2.03. The standard InChI is InChI=1S/C12H19N3O2/c1-16-11-10(13)12(15-8-14-11)17-7-9-5-3-2-4-6-9/h8-9H,2-7,13H2,1H3. The van der Waals surface area contributed by atoms with Crippen LogP contribution >= 0.6 is 0 Å². The smallest absolute Gasteiger partial charge is 0.244 e. The second kappa shape index (κ2) is 5.70. The number of nitrogen functional groups attached to an aromatic ring is 1. The van der Waals surface area contributed by atoms with Crippen LogP contribution in [0.25, 0.3) is 0 Å². The lowest BCUT2D eigenvalue weighted by Crippen LogP contribution is -2.16. The first-order valence-corrected chi connectivity index (χ1v) is 6.08. The fourth-order valence-electron chi connectivity index (χ4n) is 2.19. The minimum atomic E-state index is 0.374. The second-order valence-corrected chi connectivity index (χ2v) is 4.42. The van der Waals surface area contributed by atoms with Crippen LogP contribution in [0.3, 0.4) is 0 Å². The molecule has 1 saturated carbocycles. The number of nitrogens with two attached hydrogens (primary N) is 1. The molecule has 0 bridgehead atoms. The molecule has 0 saturated heterocycles. The Morgan fingerprint density at radius 1 is 1.24 bits per heavy atom. The molecule has 0 amide bonds. The number of hydrogen-bond donors (Lipinski definition) is 1. The van der Waals surface area contributed by atoms with Gasteiger partial charge in [0.05, 0.1) is 13.7 Å². The molecule has 0 radical (unpaired) electrons. The first-order chi connectivity index (χ1) is 8.31. The van der Waals surface area contributed by atoms with Crippen LogP contribution in [0.1, 0.15) is 32.1 Å². The molecule has 1 aromatic heterocycles. The third-order valence-electron chi connectivity index (χ3n) is 3.18. The van der Waals surface area contributed by atoms with Crippen LogP contribution in [-0.2, 0) is 0 Å². The highest BCUT2D eigenvalue weighted by atomic mass is 16.5. The van der Waals surface area contributed by atoms with Crippen LogP contribution in [0.2, 0.25) is 0 Å². The van der Waals surface area contributed by atoms with Crippen LogP contribution < -0.4 is 15.2 Å². The van der Waals surface area contributed by atoms with E-state index in [1.165, 1.54) is 45.5 Å². The maximum atomic E-state index is 5.83. The van der Waals surface area contributed by atoms with E-state index in [4.69, 9.17) is 15.2 Å². The van der Waals surface area contributed by atoms with Crippen molar-refractivity contribution < 1.29 is 9.47 Å². The van der Waals surface area contributed by atoms with Gasteiger partial charge in [0.15, 0.2) is 5.69 Å². The molecule has 2 rings (SSSR count). The van der Waals surface area contributed by atoms with Gasteiger partial charge in [-0.05, 0) is 18.8 Å². The molecule has 1 fully saturated rings. The van der Waals surface area contributed by atoms with E-state index < -0.39 is 0 Å². The highest BCUT2D eigenvalue weighted by Gasteiger charge is 2.16. The summed E-state index contributed by atoms with van der Waals surface area (Å²) in [5.41, 5.74) is 6.21. The van der Waals surface area contributed by atoms with E-state index in [1.54, 1.807) is 0 Å². The summed E-state index contributed by atoms with van der Waals surface area (Å²) >= 11 is 0. The first-order valence-electron chi connectivity index (χ1n) is 6.08. The molecule has 0 aliphatic heterocycles. The Morgan fingerprint density at radius 2 is 1.94 bits per heavy atom. The summed E-state index contributed by atoms with van der Waals surface area (Å²) < 4.78 is 10.7. The van der Waals surface area contributed by atoms with Crippen molar-refractivity contribution in [2.75, 3.05) is 19.5 Å². The fraction of sp³-hybridized carbons (Fsp3) is 0.667. The molecule has 1 aromatic rings. The molecule has 5 heteroatoms. The molecule has 2 N–H and O–H groups in total. The van der Waals surface area contributed by atoms with Crippen molar-refractivity contribution in [1.29, 1.82) is 0 Å². The number of aromatic nitrogens is 2. The highest BCUT2D eigenvalue weighted by Crippen LogP contribution is 2.28. The van der Waals surface area contributed by atoms with E-state index in [1.807, 2.05) is 0 Å². The first kappa shape index (κ1) is 12.0. The summed E-state index contributed by atoms with van der Waals surface area (Å²) in [5.74, 6) is 1.44. The van der Waals surface area contributed by atoms with Crippen molar-refractivity contribution in [2.24, 2.45) is 5.92 Å². The molecule has 94 valence electrons. The van der Waals surface area contributed by atoms with Gasteiger partial charge >= 0.3 is 0 Å². The van der Waals surface area contributed by atoms with Gasteiger partial charge < -0.3 is 15.2 Å². The molecule has 1 aliphatic carbocycles. The van der Waals surface area contributed by atoms with Gasteiger partial charge in [0.1, 0.15) is 6.33 Å². The van der Waals surface area contributed by atoms with Crippen LogP contribution in [0, 0.1) is 5.92 Å². The van der Waals surface area contributed by atoms with E-state index in [9.17, 15) is 0 Å². The Balaban J connectivity index is 1.93. The SMILES string of the molecule is COc1ncnc(OCC2CCCCC2)c1N. The van der Waals surface area contributed by atoms with Crippen LogP contribution in [0.15, 0.2) is 6.33 Å². The second-order valence-electron chi connectivity index (χ2n) is 4.42. The monoisotopic (exact) mass is 237 g/mol. The fourth-order valence-corrected chi connectivity index (χ4v) is 2.19. The summed E-state index contributed by atoms with van der Waals surface area (Å²) in [7, 11) is 1.53. The van der Waals surface area contributed by atoms with E-state index in [0.717, 1.165) is 0 Å². The summed E-state index contributed by atoms with van der Waals surface area (Å²) in [4.78, 5) is 7.95. The Kier molecular flexibility index (Phi) is 4.01. The lowest BCUT2D eigenvalue weighted by atomic mass is 9.90. The third kappa shape index (κ3) is 2.99. The maximum absolute atomic E-state index is 5.83. The van der Waals surface area contributed by atoms with E-state index in [0.29, 0.717) is 30.0 Å². The highest BCUT2D eigenvalue weighted by molar-refractivity contribution is 5.55. The minimum Gasteiger partial charge on any atom is -0.479 e. The Labute approximate surface area is 101 Å². The molecule has 1 aliphatic rings. The van der Waals surface area contributed by atoms with Gasteiger partial charge in [0.2, 0.25) is 11.8 Å². The van der Waals surface area contributed by atoms with Gasteiger partial charge in [-0.1, -0.05) is 19.3 Å². The third-order valence-corrected chi connectivity index (χ3v) is 3.18. The van der Waals surface area contributed by atoms with Crippen LogP contribution in [-0.4, -0.2) is 23.7 Å². The number of anilines is 1. The maximum Gasteiger partial charge on any atom is 0.244 e. The molecular weight excluding hydrogens is 218 g/mol. The van der Waals surface area contributed by atoms with Crippen molar-refractivity contribution in [2.45, 2.75) is 32.1 Å². The Bertz CT molecular complexity index is 365. The number of rotatable bonds is 4. The Hall–Kier alpha value is -1.52. The van der Waals surface area contributed by atoms with Gasteiger partial charge in [-0.2, -0.15) is 9.97 Å². The normalized spacial score (nSPS) is 16.8. The molecule has 5 nitrogen and oxygen atoms in total. The van der Waals surface area contributed by atoms with E-state index >= 15 is 0 Å². The predicted molar refractivity (Wildman–Crippen MR) is 65.1 cm³/mol. The minimum absolute atomic E-state index is 0.374. The molecule has 0 spiro atoms. The number of nitrogens with zero attached hydrogens (tertiary/aromatic N) is 2. The zero-order valence-electron chi connectivity index (χ0n) is 10.2. The Morgan fingerprint density at radius 3 is 2.65 bits per heavy atom. The number of ether oxygens (including phenoxy) is 2. The molecular formula is C12H19N3O2. The summed E-state index contributed by atoms with van der Waals surface area (Å²) in [6.45, 7) is 0.685. The molecule has 0 aromatic carbocycles. The van der Waals surface area contributed by atoms with E-state index in [-0.39, 0.29) is 0 Å². The summed E-state index contributed by atoms with van der Waals surface area (Å²) in [5, 5.41) is 0. The van der Waals surface area contributed by atoms with Crippen molar-refractivity contribution in [3.05, 3.63) is 6.33 Å². The zero-order valence-corrected chi connectivity index (χ0v) is 10.2. The molecule has 0 atom stereocenters. The van der Waals surface area contributed by atoms with Crippen molar-refractivity contribution in [3.63, 3.8) is 0 Å². The average Bonchev–Trinajstić information content (AvgIpc) is 2.39. The van der Waals surface area contributed by atoms with Crippen LogP contribution in [0.4, 0.5) is 5.69 Å². The zero-order chi connectivity index (χ0) is 12.1. The average molecular weight is 237 g/mol. The van der Waals surface area contributed by atoms with Crippen molar-refractivity contribution in [1.82, 2.24) is 9.97 Å². The number of hydrogen-bond acceptors (Lipinski definition) is 5. The molecule has 1 heterocycles. The number of methoxy groups -OCH3 is 1. The van der Waals surface area contributed by atoms with Crippen molar-refractivity contribution >= 4 is 5.69 Å². The topological polar surface area (TPSA) is 70.3 Å². The van der Waals surface area contributed by atoms with Crippen molar-refractivity contribution in [3.8, 4) is 11.8 Å². The summed E-state index contributed by atoms with van der Waals surface area (Å²) in [6.07, 6.45) is 7.84. The lowest BCUT2D eigenvalue weighted by Gasteiger charge is -2.21.